The van der Waals surface area contributed by atoms with Crippen LogP contribution in [-0.4, -0.2) is 37.0 Å². The van der Waals surface area contributed by atoms with Crippen LogP contribution in [-0.2, 0) is 4.79 Å². The van der Waals surface area contributed by atoms with Gasteiger partial charge in [-0.1, -0.05) is 0 Å². The molecule has 1 aliphatic heterocycles. The molecule has 1 aliphatic rings. The van der Waals surface area contributed by atoms with E-state index in [2.05, 4.69) is 10.2 Å². The molecule has 1 heterocycles. The molecule has 0 aromatic rings. The van der Waals surface area contributed by atoms with Crippen molar-refractivity contribution in [2.45, 2.75) is 25.4 Å². The number of hydrogen-bond acceptors (Lipinski definition) is 3. The topological polar surface area (TPSA) is 45.0 Å². The number of carbonyl (C=O) groups is 1. The molecule has 0 aliphatic carbocycles. The van der Waals surface area contributed by atoms with Crippen LogP contribution in [0.4, 0.5) is 0 Å². The number of azo groups is 1. The zero-order valence-electron chi connectivity index (χ0n) is 7.11. The van der Waals surface area contributed by atoms with Crippen molar-refractivity contribution in [3.05, 3.63) is 0 Å². The fourth-order valence-corrected chi connectivity index (χ4v) is 1.06. The Kier molecular flexibility index (Phi) is 2.22. The molecule has 2 unspecified atom stereocenters. The highest BCUT2D eigenvalue weighted by molar-refractivity contribution is 5.81. The standard InChI is InChI=1S/C7H13N3O/c1-5-4-6(9-8-5)7(11)10(2)3/h5-6H,4H2,1-3H3. The summed E-state index contributed by atoms with van der Waals surface area (Å²) in [6.07, 6.45) is 0.761. The highest BCUT2D eigenvalue weighted by atomic mass is 16.2. The van der Waals surface area contributed by atoms with Gasteiger partial charge in [-0.25, -0.2) is 0 Å². The van der Waals surface area contributed by atoms with E-state index >= 15 is 0 Å². The van der Waals surface area contributed by atoms with Gasteiger partial charge in [0.05, 0.1) is 6.04 Å². The number of nitrogens with zero attached hydrogens (tertiary/aromatic N) is 3. The number of likely N-dealkylation sites (N-methyl/N-ethyl adjacent to an activating group) is 1. The van der Waals surface area contributed by atoms with E-state index in [9.17, 15) is 4.79 Å². The van der Waals surface area contributed by atoms with Crippen LogP contribution < -0.4 is 0 Å². The molecule has 2 atom stereocenters. The third kappa shape index (κ3) is 1.76. The van der Waals surface area contributed by atoms with Crippen molar-refractivity contribution in [2.24, 2.45) is 10.2 Å². The van der Waals surface area contributed by atoms with E-state index in [1.165, 1.54) is 0 Å². The first-order valence-electron chi connectivity index (χ1n) is 3.72. The Morgan fingerprint density at radius 3 is 2.45 bits per heavy atom. The molecule has 11 heavy (non-hydrogen) atoms. The average molecular weight is 155 g/mol. The Morgan fingerprint density at radius 2 is 2.09 bits per heavy atom. The predicted octanol–water partition coefficient (Wildman–Crippen LogP) is 0.688. The van der Waals surface area contributed by atoms with Crippen LogP contribution in [0.2, 0.25) is 0 Å². The molecule has 0 saturated carbocycles. The summed E-state index contributed by atoms with van der Waals surface area (Å²) in [5, 5.41) is 7.77. The molecular weight excluding hydrogens is 142 g/mol. The van der Waals surface area contributed by atoms with E-state index in [-0.39, 0.29) is 18.0 Å². The predicted molar refractivity (Wildman–Crippen MR) is 41.4 cm³/mol. The highest BCUT2D eigenvalue weighted by Gasteiger charge is 2.26. The normalized spacial score (nSPS) is 29.0. The molecule has 0 aromatic heterocycles. The van der Waals surface area contributed by atoms with E-state index in [0.717, 1.165) is 6.42 Å². The summed E-state index contributed by atoms with van der Waals surface area (Å²) in [4.78, 5) is 12.8. The van der Waals surface area contributed by atoms with Crippen molar-refractivity contribution in [1.82, 2.24) is 4.90 Å². The Bertz CT molecular complexity index is 188. The van der Waals surface area contributed by atoms with Crippen LogP contribution in [0.15, 0.2) is 10.2 Å². The molecule has 4 heteroatoms. The Hall–Kier alpha value is -0.930. The minimum absolute atomic E-state index is 0.0538. The van der Waals surface area contributed by atoms with Gasteiger partial charge in [-0.05, 0) is 6.92 Å². The van der Waals surface area contributed by atoms with Crippen molar-refractivity contribution in [3.63, 3.8) is 0 Å². The highest BCUT2D eigenvalue weighted by Crippen LogP contribution is 2.16. The van der Waals surface area contributed by atoms with Crippen molar-refractivity contribution in [1.29, 1.82) is 0 Å². The first-order valence-corrected chi connectivity index (χ1v) is 3.72. The molecule has 0 bridgehead atoms. The Balaban J connectivity index is 2.51. The molecular formula is C7H13N3O. The summed E-state index contributed by atoms with van der Waals surface area (Å²) in [6.45, 7) is 1.96. The lowest BCUT2D eigenvalue weighted by Gasteiger charge is -2.12. The van der Waals surface area contributed by atoms with Gasteiger partial charge >= 0.3 is 0 Å². The number of rotatable bonds is 1. The number of carbonyl (C=O) groups excluding carboxylic acids is 1. The van der Waals surface area contributed by atoms with E-state index < -0.39 is 0 Å². The molecule has 0 saturated heterocycles. The summed E-state index contributed by atoms with van der Waals surface area (Å²) in [5.74, 6) is 0.0538. The third-order valence-corrected chi connectivity index (χ3v) is 1.69. The third-order valence-electron chi connectivity index (χ3n) is 1.69. The van der Waals surface area contributed by atoms with E-state index in [4.69, 9.17) is 0 Å². The quantitative estimate of drug-likeness (QED) is 0.549. The summed E-state index contributed by atoms with van der Waals surface area (Å²) in [5.41, 5.74) is 0. The fourth-order valence-electron chi connectivity index (χ4n) is 1.06. The van der Waals surface area contributed by atoms with Crippen molar-refractivity contribution >= 4 is 5.91 Å². The minimum atomic E-state index is -0.222. The second-order valence-corrected chi connectivity index (χ2v) is 3.06. The summed E-state index contributed by atoms with van der Waals surface area (Å²) in [7, 11) is 3.47. The van der Waals surface area contributed by atoms with Crippen molar-refractivity contribution in [2.75, 3.05) is 14.1 Å². The van der Waals surface area contributed by atoms with Gasteiger partial charge in [0.25, 0.3) is 0 Å². The second kappa shape index (κ2) is 2.98. The van der Waals surface area contributed by atoms with Gasteiger partial charge in [-0.3, -0.25) is 4.79 Å². The van der Waals surface area contributed by atoms with E-state index in [1.54, 1.807) is 19.0 Å². The lowest BCUT2D eigenvalue weighted by atomic mass is 10.1. The molecule has 0 radical (unpaired) electrons. The molecule has 0 spiro atoms. The summed E-state index contributed by atoms with van der Waals surface area (Å²) < 4.78 is 0. The van der Waals surface area contributed by atoms with Gasteiger partial charge in [0.1, 0.15) is 0 Å². The molecule has 1 rings (SSSR count). The van der Waals surface area contributed by atoms with Crippen molar-refractivity contribution < 1.29 is 4.79 Å². The van der Waals surface area contributed by atoms with Crippen LogP contribution in [0.1, 0.15) is 13.3 Å². The maximum absolute atomic E-state index is 11.3. The van der Waals surface area contributed by atoms with Crippen LogP contribution in [0.3, 0.4) is 0 Å². The van der Waals surface area contributed by atoms with Crippen LogP contribution in [0.25, 0.3) is 0 Å². The zero-order valence-corrected chi connectivity index (χ0v) is 7.11. The average Bonchev–Trinajstić information content (AvgIpc) is 2.34. The summed E-state index contributed by atoms with van der Waals surface area (Å²) in [6, 6.07) is -0.0103. The Morgan fingerprint density at radius 1 is 1.45 bits per heavy atom. The number of hydrogen-bond donors (Lipinski definition) is 0. The zero-order chi connectivity index (χ0) is 8.43. The molecule has 4 nitrogen and oxygen atoms in total. The monoisotopic (exact) mass is 155 g/mol. The van der Waals surface area contributed by atoms with Crippen LogP contribution in [0, 0.1) is 0 Å². The van der Waals surface area contributed by atoms with E-state index in [1.807, 2.05) is 6.92 Å². The summed E-state index contributed by atoms with van der Waals surface area (Å²) >= 11 is 0. The van der Waals surface area contributed by atoms with Gasteiger partial charge in [-0.15, -0.1) is 0 Å². The van der Waals surface area contributed by atoms with Crippen LogP contribution in [0.5, 0.6) is 0 Å². The first kappa shape index (κ1) is 8.17. The van der Waals surface area contributed by atoms with Gasteiger partial charge in [0.2, 0.25) is 5.91 Å². The minimum Gasteiger partial charge on any atom is -0.347 e. The molecule has 0 N–H and O–H groups in total. The maximum atomic E-state index is 11.3. The SMILES string of the molecule is CC1CC(C(=O)N(C)C)N=N1. The lowest BCUT2D eigenvalue weighted by Crippen LogP contribution is -2.31. The lowest BCUT2D eigenvalue weighted by molar-refractivity contribution is -0.129. The van der Waals surface area contributed by atoms with Gasteiger partial charge in [0.15, 0.2) is 6.04 Å². The van der Waals surface area contributed by atoms with Gasteiger partial charge in [-0.2, -0.15) is 10.2 Å². The smallest absolute Gasteiger partial charge is 0.248 e. The largest absolute Gasteiger partial charge is 0.347 e. The Labute approximate surface area is 66.3 Å². The second-order valence-electron chi connectivity index (χ2n) is 3.06. The molecule has 1 amide bonds. The van der Waals surface area contributed by atoms with Gasteiger partial charge < -0.3 is 4.90 Å². The fraction of sp³-hybridized carbons (Fsp3) is 0.857. The van der Waals surface area contributed by atoms with Gasteiger partial charge in [0, 0.05) is 20.5 Å². The molecule has 0 fully saturated rings. The number of amides is 1. The van der Waals surface area contributed by atoms with Crippen LogP contribution >= 0.6 is 0 Å². The first-order chi connectivity index (χ1) is 5.11. The molecule has 62 valence electrons. The molecule has 0 aromatic carbocycles. The van der Waals surface area contributed by atoms with Crippen molar-refractivity contribution in [3.8, 4) is 0 Å². The maximum Gasteiger partial charge on any atom is 0.248 e. The van der Waals surface area contributed by atoms with E-state index in [0.29, 0.717) is 0 Å².